The van der Waals surface area contributed by atoms with Gasteiger partial charge >= 0.3 is 0 Å². The molecular formula is C13H18N4O2. The number of likely N-dealkylation sites (tertiary alicyclic amines) is 1. The minimum absolute atomic E-state index is 0.0117. The number of fused-ring (bicyclic) bond motifs is 1. The molecule has 0 bridgehead atoms. The van der Waals surface area contributed by atoms with Gasteiger partial charge in [-0.1, -0.05) is 0 Å². The van der Waals surface area contributed by atoms with Gasteiger partial charge < -0.3 is 10.6 Å². The van der Waals surface area contributed by atoms with Crippen LogP contribution in [0.1, 0.15) is 41.0 Å². The lowest BCUT2D eigenvalue weighted by atomic mass is 9.96. The van der Waals surface area contributed by atoms with Crippen LogP contribution < -0.4 is 5.73 Å². The fraction of sp³-hybridized carbons (Fsp3) is 0.615. The van der Waals surface area contributed by atoms with Crippen LogP contribution in [0.5, 0.6) is 0 Å². The number of aryl methyl sites for hydroxylation is 1. The lowest BCUT2D eigenvalue weighted by Gasteiger charge is -2.30. The monoisotopic (exact) mass is 262 g/mol. The Kier molecular flexibility index (Phi) is 3.00. The number of nitrogens with two attached hydrogens (primary N) is 1. The van der Waals surface area contributed by atoms with Crippen LogP contribution in [0, 0.1) is 5.92 Å². The van der Waals surface area contributed by atoms with E-state index in [-0.39, 0.29) is 17.7 Å². The highest BCUT2D eigenvalue weighted by Crippen LogP contribution is 2.25. The average Bonchev–Trinajstić information content (AvgIpc) is 3.00. The maximum absolute atomic E-state index is 12.4. The van der Waals surface area contributed by atoms with E-state index in [4.69, 9.17) is 5.73 Å². The van der Waals surface area contributed by atoms with Crippen molar-refractivity contribution in [2.24, 2.45) is 11.7 Å². The molecular weight excluding hydrogens is 244 g/mol. The van der Waals surface area contributed by atoms with Crippen LogP contribution in [0.4, 0.5) is 0 Å². The number of nitrogens with zero attached hydrogens (tertiary/aromatic N) is 2. The Morgan fingerprint density at radius 3 is 2.68 bits per heavy atom. The van der Waals surface area contributed by atoms with E-state index in [1.165, 1.54) is 0 Å². The Bertz CT molecular complexity index is 515. The first-order valence-electron chi connectivity index (χ1n) is 6.81. The van der Waals surface area contributed by atoms with Crippen molar-refractivity contribution in [2.75, 3.05) is 13.1 Å². The number of amides is 2. The van der Waals surface area contributed by atoms with Gasteiger partial charge in [-0.25, -0.2) is 0 Å². The smallest absolute Gasteiger partial charge is 0.274 e. The zero-order valence-electron chi connectivity index (χ0n) is 10.8. The Balaban J connectivity index is 1.70. The molecule has 0 atom stereocenters. The molecule has 2 aliphatic rings. The highest BCUT2D eigenvalue weighted by atomic mass is 16.2. The fourth-order valence-corrected chi connectivity index (χ4v) is 3.01. The van der Waals surface area contributed by atoms with Crippen molar-refractivity contribution >= 4 is 11.8 Å². The van der Waals surface area contributed by atoms with Gasteiger partial charge in [-0.05, 0) is 32.1 Å². The number of carbonyl (C=O) groups excluding carboxylic acids is 2. The number of nitrogens with one attached hydrogen (secondary N) is 1. The molecule has 0 aromatic carbocycles. The van der Waals surface area contributed by atoms with Crippen LogP contribution in [0.25, 0.3) is 0 Å². The van der Waals surface area contributed by atoms with E-state index < -0.39 is 0 Å². The number of aromatic amines is 1. The summed E-state index contributed by atoms with van der Waals surface area (Å²) in [6, 6.07) is 0. The quantitative estimate of drug-likeness (QED) is 0.799. The van der Waals surface area contributed by atoms with Gasteiger partial charge in [-0.3, -0.25) is 14.7 Å². The fourth-order valence-electron chi connectivity index (χ4n) is 3.01. The maximum atomic E-state index is 12.4. The largest absolute Gasteiger partial charge is 0.369 e. The molecule has 1 aromatic heterocycles. The van der Waals surface area contributed by atoms with E-state index in [9.17, 15) is 9.59 Å². The molecule has 3 N–H and O–H groups in total. The first-order valence-corrected chi connectivity index (χ1v) is 6.81. The van der Waals surface area contributed by atoms with E-state index in [1.807, 2.05) is 0 Å². The minimum Gasteiger partial charge on any atom is -0.369 e. The van der Waals surface area contributed by atoms with Crippen molar-refractivity contribution in [3.63, 3.8) is 0 Å². The molecule has 0 spiro atoms. The SMILES string of the molecule is NC(=O)C1CCN(C(=O)c2n[nH]c3c2CCC3)CC1. The van der Waals surface area contributed by atoms with Crippen LogP contribution in [-0.4, -0.2) is 40.0 Å². The highest BCUT2D eigenvalue weighted by Gasteiger charge is 2.30. The van der Waals surface area contributed by atoms with Gasteiger partial charge in [-0.2, -0.15) is 5.10 Å². The zero-order valence-corrected chi connectivity index (χ0v) is 10.8. The molecule has 0 radical (unpaired) electrons. The molecule has 0 saturated carbocycles. The summed E-state index contributed by atoms with van der Waals surface area (Å²) in [7, 11) is 0. The summed E-state index contributed by atoms with van der Waals surface area (Å²) < 4.78 is 0. The number of hydrogen-bond acceptors (Lipinski definition) is 3. The third kappa shape index (κ3) is 2.11. The molecule has 1 saturated heterocycles. The molecule has 2 heterocycles. The van der Waals surface area contributed by atoms with Crippen LogP contribution >= 0.6 is 0 Å². The summed E-state index contributed by atoms with van der Waals surface area (Å²) in [4.78, 5) is 25.3. The van der Waals surface area contributed by atoms with Gasteiger partial charge in [0.25, 0.3) is 5.91 Å². The van der Waals surface area contributed by atoms with Gasteiger partial charge in [0.05, 0.1) is 0 Å². The third-order valence-corrected chi connectivity index (χ3v) is 4.19. The molecule has 102 valence electrons. The molecule has 1 aliphatic carbocycles. The van der Waals surface area contributed by atoms with E-state index in [2.05, 4.69) is 10.2 Å². The second kappa shape index (κ2) is 4.68. The van der Waals surface area contributed by atoms with Gasteiger partial charge in [0.15, 0.2) is 5.69 Å². The molecule has 6 nitrogen and oxygen atoms in total. The Morgan fingerprint density at radius 1 is 1.26 bits per heavy atom. The molecule has 19 heavy (non-hydrogen) atoms. The van der Waals surface area contributed by atoms with Crippen LogP contribution in [0.3, 0.4) is 0 Å². The van der Waals surface area contributed by atoms with Crippen LogP contribution in [0.2, 0.25) is 0 Å². The van der Waals surface area contributed by atoms with E-state index in [1.54, 1.807) is 4.90 Å². The summed E-state index contributed by atoms with van der Waals surface area (Å²) in [5, 5.41) is 7.12. The maximum Gasteiger partial charge on any atom is 0.274 e. The number of piperidine rings is 1. The molecule has 1 aliphatic heterocycles. The van der Waals surface area contributed by atoms with Gasteiger partial charge in [0.1, 0.15) is 0 Å². The summed E-state index contributed by atoms with van der Waals surface area (Å²) in [5.41, 5.74) is 8.06. The molecule has 1 fully saturated rings. The van der Waals surface area contributed by atoms with Crippen molar-refractivity contribution < 1.29 is 9.59 Å². The second-order valence-electron chi connectivity index (χ2n) is 5.35. The van der Waals surface area contributed by atoms with Gasteiger partial charge in [0, 0.05) is 30.3 Å². The molecule has 6 heteroatoms. The van der Waals surface area contributed by atoms with E-state index in [0.29, 0.717) is 31.6 Å². The number of hydrogen-bond donors (Lipinski definition) is 2. The van der Waals surface area contributed by atoms with Crippen molar-refractivity contribution in [1.82, 2.24) is 15.1 Å². The van der Waals surface area contributed by atoms with Crippen LogP contribution in [-0.2, 0) is 17.6 Å². The van der Waals surface area contributed by atoms with E-state index in [0.717, 1.165) is 30.5 Å². The van der Waals surface area contributed by atoms with Crippen molar-refractivity contribution in [2.45, 2.75) is 32.1 Å². The summed E-state index contributed by atoms with van der Waals surface area (Å²) in [5.74, 6) is -0.357. The minimum atomic E-state index is -0.257. The number of carbonyl (C=O) groups is 2. The first-order chi connectivity index (χ1) is 9.16. The number of primary amides is 1. The highest BCUT2D eigenvalue weighted by molar-refractivity contribution is 5.94. The Labute approximate surface area is 111 Å². The Hall–Kier alpha value is -1.85. The normalized spacial score (nSPS) is 19.5. The predicted molar refractivity (Wildman–Crippen MR) is 68.4 cm³/mol. The summed E-state index contributed by atoms with van der Waals surface area (Å²) in [6.07, 6.45) is 4.33. The van der Waals surface area contributed by atoms with Gasteiger partial charge in [-0.15, -0.1) is 0 Å². The zero-order chi connectivity index (χ0) is 13.4. The van der Waals surface area contributed by atoms with Gasteiger partial charge in [0.2, 0.25) is 5.91 Å². The van der Waals surface area contributed by atoms with E-state index >= 15 is 0 Å². The lowest BCUT2D eigenvalue weighted by molar-refractivity contribution is -0.123. The number of rotatable bonds is 2. The first kappa shape index (κ1) is 12.2. The topological polar surface area (TPSA) is 92.1 Å². The predicted octanol–water partition coefficient (Wildman–Crippen LogP) is 0.236. The van der Waals surface area contributed by atoms with Crippen molar-refractivity contribution in [3.8, 4) is 0 Å². The van der Waals surface area contributed by atoms with Crippen molar-refractivity contribution in [3.05, 3.63) is 17.0 Å². The van der Waals surface area contributed by atoms with Crippen LogP contribution in [0.15, 0.2) is 0 Å². The molecule has 2 amide bonds. The Morgan fingerprint density at radius 2 is 2.00 bits per heavy atom. The standard InChI is InChI=1S/C13H18N4O2/c14-12(18)8-4-6-17(7-5-8)13(19)11-9-2-1-3-10(9)15-16-11/h8H,1-7H2,(H2,14,18)(H,15,16). The average molecular weight is 262 g/mol. The van der Waals surface area contributed by atoms with Crippen molar-refractivity contribution in [1.29, 1.82) is 0 Å². The lowest BCUT2D eigenvalue weighted by Crippen LogP contribution is -2.42. The third-order valence-electron chi connectivity index (χ3n) is 4.19. The number of aromatic nitrogens is 2. The molecule has 1 aromatic rings. The summed E-state index contributed by atoms with van der Waals surface area (Å²) in [6.45, 7) is 1.18. The second-order valence-corrected chi connectivity index (χ2v) is 5.35. The molecule has 3 rings (SSSR count). The summed E-state index contributed by atoms with van der Waals surface area (Å²) >= 11 is 0. The number of H-pyrrole nitrogens is 1. The molecule has 0 unspecified atom stereocenters.